The minimum atomic E-state index is 0.499. The molecule has 0 bridgehead atoms. The zero-order valence-electron chi connectivity index (χ0n) is 7.33. The summed E-state index contributed by atoms with van der Waals surface area (Å²) in [6.45, 7) is 1.12. The summed E-state index contributed by atoms with van der Waals surface area (Å²) in [6, 6.07) is 3.56. The lowest BCUT2D eigenvalue weighted by Gasteiger charge is -2.24. The molecule has 1 aromatic rings. The average Bonchev–Trinajstić information content (AvgIpc) is 2.16. The Hall–Kier alpha value is -0.800. The van der Waals surface area contributed by atoms with Crippen LogP contribution in [-0.4, -0.2) is 11.6 Å². The third-order valence-corrected chi connectivity index (χ3v) is 2.90. The van der Waals surface area contributed by atoms with E-state index in [2.05, 4.69) is 5.29 Å². The number of hydrogen-bond donors (Lipinski definition) is 0. The molecule has 0 saturated heterocycles. The van der Waals surface area contributed by atoms with E-state index in [1.165, 1.54) is 5.01 Å². The molecule has 3 nitrogen and oxygen atoms in total. The van der Waals surface area contributed by atoms with Crippen molar-refractivity contribution in [3.8, 4) is 0 Å². The lowest BCUT2D eigenvalue weighted by Crippen LogP contribution is -2.25. The van der Waals surface area contributed by atoms with E-state index in [4.69, 9.17) is 23.2 Å². The van der Waals surface area contributed by atoms with Gasteiger partial charge in [-0.2, -0.15) is 0 Å². The van der Waals surface area contributed by atoms with E-state index in [-0.39, 0.29) is 0 Å². The maximum atomic E-state index is 10.3. The monoisotopic (exact) mass is 230 g/mol. The Morgan fingerprint density at radius 1 is 1.36 bits per heavy atom. The first-order valence-electron chi connectivity index (χ1n) is 4.25. The Morgan fingerprint density at radius 2 is 2.14 bits per heavy atom. The fourth-order valence-corrected chi connectivity index (χ4v) is 2.29. The number of hydrogen-bond acceptors (Lipinski definition) is 2. The van der Waals surface area contributed by atoms with Gasteiger partial charge in [0, 0.05) is 16.6 Å². The van der Waals surface area contributed by atoms with E-state index in [9.17, 15) is 4.91 Å². The third kappa shape index (κ3) is 1.70. The van der Waals surface area contributed by atoms with Crippen LogP contribution in [0.5, 0.6) is 0 Å². The van der Waals surface area contributed by atoms with Crippen molar-refractivity contribution < 1.29 is 0 Å². The Kier molecular flexibility index (Phi) is 2.61. The van der Waals surface area contributed by atoms with Crippen LogP contribution in [0, 0.1) is 4.91 Å². The molecule has 2 rings (SSSR count). The Morgan fingerprint density at radius 3 is 2.86 bits per heavy atom. The van der Waals surface area contributed by atoms with Crippen LogP contribution in [0.1, 0.15) is 11.1 Å². The number of fused-ring (bicyclic) bond motifs is 1. The fourth-order valence-electron chi connectivity index (χ4n) is 1.66. The Bertz CT molecular complexity index is 381. The van der Waals surface area contributed by atoms with Gasteiger partial charge in [-0.3, -0.25) is 5.01 Å². The smallest absolute Gasteiger partial charge is 0.0646 e. The second-order valence-electron chi connectivity index (χ2n) is 3.25. The largest absolute Gasteiger partial charge is 0.256 e. The molecule has 0 aromatic heterocycles. The zero-order valence-corrected chi connectivity index (χ0v) is 8.85. The normalized spacial score (nSPS) is 15.1. The zero-order chi connectivity index (χ0) is 10.1. The van der Waals surface area contributed by atoms with Crippen LogP contribution in [0.15, 0.2) is 17.4 Å². The van der Waals surface area contributed by atoms with Crippen LogP contribution in [0.4, 0.5) is 0 Å². The van der Waals surface area contributed by atoms with Crippen molar-refractivity contribution in [2.45, 2.75) is 13.0 Å². The van der Waals surface area contributed by atoms with Gasteiger partial charge in [0.2, 0.25) is 0 Å². The highest BCUT2D eigenvalue weighted by atomic mass is 35.5. The topological polar surface area (TPSA) is 32.7 Å². The standard InChI is InChI=1S/C9H8Cl2N2O/c10-7-3-6-5-13(12-14)2-1-8(6)9(11)4-7/h3-4H,1-2,5H2. The number of benzene rings is 1. The molecule has 1 aliphatic rings. The van der Waals surface area contributed by atoms with Crippen molar-refractivity contribution >= 4 is 23.2 Å². The maximum Gasteiger partial charge on any atom is 0.0646 e. The van der Waals surface area contributed by atoms with Crippen molar-refractivity contribution in [2.75, 3.05) is 6.54 Å². The molecular formula is C9H8Cl2N2O. The predicted octanol–water partition coefficient (Wildman–Crippen LogP) is 3.03. The fraction of sp³-hybridized carbons (Fsp3) is 0.333. The molecular weight excluding hydrogens is 223 g/mol. The van der Waals surface area contributed by atoms with Gasteiger partial charge in [0.15, 0.2) is 0 Å². The molecule has 0 spiro atoms. The molecule has 1 aromatic carbocycles. The van der Waals surface area contributed by atoms with Crippen molar-refractivity contribution in [2.24, 2.45) is 5.29 Å². The summed E-state index contributed by atoms with van der Waals surface area (Å²) >= 11 is 11.9. The number of nitrogens with zero attached hydrogens (tertiary/aromatic N) is 2. The van der Waals surface area contributed by atoms with E-state index in [1.54, 1.807) is 6.07 Å². The summed E-state index contributed by atoms with van der Waals surface area (Å²) in [6.07, 6.45) is 0.747. The summed E-state index contributed by atoms with van der Waals surface area (Å²) in [5, 5.41) is 5.65. The van der Waals surface area contributed by atoms with E-state index < -0.39 is 0 Å². The molecule has 0 N–H and O–H groups in total. The predicted molar refractivity (Wildman–Crippen MR) is 56.4 cm³/mol. The Labute approximate surface area is 91.6 Å². The number of rotatable bonds is 1. The molecule has 74 valence electrons. The van der Waals surface area contributed by atoms with E-state index in [0.29, 0.717) is 23.1 Å². The quantitative estimate of drug-likeness (QED) is 0.696. The lowest BCUT2D eigenvalue weighted by atomic mass is 10.0. The van der Waals surface area contributed by atoms with Gasteiger partial charge in [-0.05, 0) is 29.7 Å². The van der Waals surface area contributed by atoms with Crippen molar-refractivity contribution in [1.82, 2.24) is 5.01 Å². The molecule has 0 radical (unpaired) electrons. The van der Waals surface area contributed by atoms with Crippen LogP contribution < -0.4 is 0 Å². The van der Waals surface area contributed by atoms with Gasteiger partial charge >= 0.3 is 0 Å². The van der Waals surface area contributed by atoms with Gasteiger partial charge in [0.25, 0.3) is 0 Å². The van der Waals surface area contributed by atoms with Gasteiger partial charge in [0.1, 0.15) is 0 Å². The summed E-state index contributed by atoms with van der Waals surface area (Å²) in [5.74, 6) is 0. The molecule has 5 heteroatoms. The molecule has 0 atom stereocenters. The van der Waals surface area contributed by atoms with Gasteiger partial charge in [-0.15, -0.1) is 4.91 Å². The Balaban J connectivity index is 2.41. The second kappa shape index (κ2) is 3.75. The summed E-state index contributed by atoms with van der Waals surface area (Å²) in [4.78, 5) is 10.3. The molecule has 0 amide bonds. The van der Waals surface area contributed by atoms with E-state index in [1.807, 2.05) is 6.07 Å². The molecule has 1 aliphatic heterocycles. The summed E-state index contributed by atoms with van der Waals surface area (Å²) < 4.78 is 0. The van der Waals surface area contributed by atoms with E-state index >= 15 is 0 Å². The lowest BCUT2D eigenvalue weighted by molar-refractivity contribution is 0.263. The highest BCUT2D eigenvalue weighted by Gasteiger charge is 2.18. The van der Waals surface area contributed by atoms with Crippen LogP contribution in [0.2, 0.25) is 10.0 Å². The van der Waals surface area contributed by atoms with Crippen molar-refractivity contribution in [3.63, 3.8) is 0 Å². The van der Waals surface area contributed by atoms with Crippen molar-refractivity contribution in [3.05, 3.63) is 38.2 Å². The van der Waals surface area contributed by atoms with Gasteiger partial charge in [0.05, 0.1) is 11.8 Å². The third-order valence-electron chi connectivity index (χ3n) is 2.34. The average molecular weight is 231 g/mol. The van der Waals surface area contributed by atoms with Crippen LogP contribution >= 0.6 is 23.2 Å². The molecule has 1 heterocycles. The molecule has 0 fully saturated rings. The number of halogens is 2. The first kappa shape index (κ1) is 9.74. The maximum absolute atomic E-state index is 10.3. The summed E-state index contributed by atoms with van der Waals surface area (Å²) in [5.41, 5.74) is 2.07. The number of nitroso groups, excluding NO2 is 1. The van der Waals surface area contributed by atoms with Gasteiger partial charge < -0.3 is 0 Å². The molecule has 0 unspecified atom stereocenters. The summed E-state index contributed by atoms with van der Waals surface area (Å²) in [7, 11) is 0. The minimum absolute atomic E-state index is 0.499. The second-order valence-corrected chi connectivity index (χ2v) is 4.09. The molecule has 0 saturated carbocycles. The highest BCUT2D eigenvalue weighted by molar-refractivity contribution is 6.35. The van der Waals surface area contributed by atoms with Gasteiger partial charge in [-0.1, -0.05) is 23.2 Å². The first-order chi connectivity index (χ1) is 6.70. The van der Waals surface area contributed by atoms with E-state index in [0.717, 1.165) is 17.5 Å². The highest BCUT2D eigenvalue weighted by Crippen LogP contribution is 2.29. The molecule has 0 aliphatic carbocycles. The minimum Gasteiger partial charge on any atom is -0.256 e. The SMILES string of the molecule is O=NN1CCc2c(Cl)cc(Cl)cc2C1. The first-order valence-corrected chi connectivity index (χ1v) is 5.01. The van der Waals surface area contributed by atoms with Crippen LogP contribution in [-0.2, 0) is 13.0 Å². The molecule has 14 heavy (non-hydrogen) atoms. The van der Waals surface area contributed by atoms with Crippen LogP contribution in [0.3, 0.4) is 0 Å². The van der Waals surface area contributed by atoms with Crippen molar-refractivity contribution in [1.29, 1.82) is 0 Å². The van der Waals surface area contributed by atoms with Gasteiger partial charge in [-0.25, -0.2) is 0 Å². The van der Waals surface area contributed by atoms with Crippen LogP contribution in [0.25, 0.3) is 0 Å².